The molecule has 9 nitrogen and oxygen atoms in total. The number of benzene rings is 1. The van der Waals surface area contributed by atoms with Crippen molar-refractivity contribution >= 4 is 48.9 Å². The number of hydrogen-bond donors (Lipinski definition) is 2. The molecule has 2 N–H and O–H groups in total. The number of aromatic nitrogens is 4. The molecule has 0 aliphatic rings. The number of anilines is 2. The van der Waals surface area contributed by atoms with Gasteiger partial charge in [0, 0.05) is 11.5 Å². The van der Waals surface area contributed by atoms with Crippen molar-refractivity contribution in [1.29, 1.82) is 0 Å². The maximum atomic E-state index is 12.4. The fraction of sp³-hybridized carbons (Fsp3) is 0.267. The molecule has 0 unspecified atom stereocenters. The Bertz CT molecular complexity index is 1060. The third-order valence-electron chi connectivity index (χ3n) is 3.34. The summed E-state index contributed by atoms with van der Waals surface area (Å²) < 4.78 is 27.0. The molecule has 3 rings (SSSR count). The molecule has 0 atom stereocenters. The van der Waals surface area contributed by atoms with Gasteiger partial charge in [0.05, 0.1) is 0 Å². The van der Waals surface area contributed by atoms with E-state index in [2.05, 4.69) is 30.4 Å². The molecule has 12 heteroatoms. The average molecular weight is 425 g/mol. The largest absolute Gasteiger partial charge is 0.300 e. The van der Waals surface area contributed by atoms with E-state index in [-0.39, 0.29) is 26.4 Å². The number of carbonyl (C=O) groups is 1. The van der Waals surface area contributed by atoms with E-state index in [4.69, 9.17) is 0 Å². The maximum Gasteiger partial charge on any atom is 0.293 e. The van der Waals surface area contributed by atoms with Gasteiger partial charge < -0.3 is 5.32 Å². The topological polar surface area (TPSA) is 127 Å². The molecule has 0 aliphatic carbocycles. The standard InChI is InChI=1S/C15H16N6O3S3/c1-8(2)11(22)16-13-18-20-15(26-13)27(23,24)21-14-19-17-12(25-14)10-6-4-9(3)5-7-10/h4-8H,1-3H3,(H,19,21)(H,16,18,22). The van der Waals surface area contributed by atoms with Crippen LogP contribution in [0.25, 0.3) is 10.6 Å². The van der Waals surface area contributed by atoms with E-state index in [9.17, 15) is 13.2 Å². The number of amides is 1. The van der Waals surface area contributed by atoms with Crippen molar-refractivity contribution in [2.75, 3.05) is 10.0 Å². The molecule has 0 saturated carbocycles. The van der Waals surface area contributed by atoms with Gasteiger partial charge in [-0.15, -0.1) is 20.4 Å². The van der Waals surface area contributed by atoms with Gasteiger partial charge in [-0.25, -0.2) is 0 Å². The van der Waals surface area contributed by atoms with Crippen molar-refractivity contribution < 1.29 is 13.2 Å². The summed E-state index contributed by atoms with van der Waals surface area (Å²) in [7, 11) is -3.97. The fourth-order valence-corrected chi connectivity index (χ4v) is 4.74. The van der Waals surface area contributed by atoms with E-state index in [1.165, 1.54) is 0 Å². The summed E-state index contributed by atoms with van der Waals surface area (Å²) in [5, 5.41) is 18.5. The number of hydrogen-bond acceptors (Lipinski definition) is 9. The van der Waals surface area contributed by atoms with Crippen molar-refractivity contribution in [3.8, 4) is 10.6 Å². The van der Waals surface area contributed by atoms with Gasteiger partial charge in [-0.3, -0.25) is 9.52 Å². The third-order valence-corrected chi connectivity index (χ3v) is 6.90. The first-order valence-electron chi connectivity index (χ1n) is 7.82. The van der Waals surface area contributed by atoms with E-state index >= 15 is 0 Å². The highest BCUT2D eigenvalue weighted by Crippen LogP contribution is 2.29. The lowest BCUT2D eigenvalue weighted by Crippen LogP contribution is -2.17. The van der Waals surface area contributed by atoms with Crippen LogP contribution < -0.4 is 10.0 Å². The fourth-order valence-electron chi connectivity index (χ4n) is 1.85. The zero-order chi connectivity index (χ0) is 19.6. The van der Waals surface area contributed by atoms with Crippen molar-refractivity contribution in [2.24, 2.45) is 5.92 Å². The summed E-state index contributed by atoms with van der Waals surface area (Å²) in [6, 6.07) is 7.66. The van der Waals surface area contributed by atoms with Crippen LogP contribution in [0.3, 0.4) is 0 Å². The minimum Gasteiger partial charge on any atom is -0.300 e. The number of rotatable bonds is 6. The zero-order valence-electron chi connectivity index (χ0n) is 14.6. The molecule has 0 fully saturated rings. The van der Waals surface area contributed by atoms with Crippen molar-refractivity contribution in [3.63, 3.8) is 0 Å². The summed E-state index contributed by atoms with van der Waals surface area (Å²) in [5.74, 6) is -0.524. The Morgan fingerprint density at radius 2 is 1.67 bits per heavy atom. The Balaban J connectivity index is 1.74. The SMILES string of the molecule is Cc1ccc(-c2nnc(NS(=O)(=O)c3nnc(NC(=O)C(C)C)s3)s2)cc1. The van der Waals surface area contributed by atoms with Crippen LogP contribution in [-0.2, 0) is 14.8 Å². The summed E-state index contributed by atoms with van der Waals surface area (Å²) in [6.07, 6.45) is 0. The lowest BCUT2D eigenvalue weighted by molar-refractivity contribution is -0.118. The molecule has 1 amide bonds. The molecule has 2 aromatic heterocycles. The van der Waals surface area contributed by atoms with Crippen molar-refractivity contribution in [1.82, 2.24) is 20.4 Å². The summed E-state index contributed by atoms with van der Waals surface area (Å²) in [5.41, 5.74) is 1.96. The van der Waals surface area contributed by atoms with Gasteiger partial charge in [-0.05, 0) is 6.92 Å². The van der Waals surface area contributed by atoms with Gasteiger partial charge in [0.15, 0.2) is 0 Å². The van der Waals surface area contributed by atoms with Crippen LogP contribution in [0.2, 0.25) is 0 Å². The molecule has 0 radical (unpaired) electrons. The highest BCUT2D eigenvalue weighted by atomic mass is 32.2. The van der Waals surface area contributed by atoms with E-state index < -0.39 is 10.0 Å². The highest BCUT2D eigenvalue weighted by Gasteiger charge is 2.23. The normalized spacial score (nSPS) is 11.6. The minimum absolute atomic E-state index is 0.117. The van der Waals surface area contributed by atoms with Crippen LogP contribution in [0.1, 0.15) is 19.4 Å². The monoisotopic (exact) mass is 424 g/mol. The first-order valence-corrected chi connectivity index (χ1v) is 10.9. The third kappa shape index (κ3) is 4.64. The summed E-state index contributed by atoms with van der Waals surface area (Å²) >= 11 is 1.87. The number of aryl methyl sites for hydroxylation is 1. The van der Waals surface area contributed by atoms with E-state index in [0.29, 0.717) is 5.01 Å². The first kappa shape index (κ1) is 19.3. The van der Waals surface area contributed by atoms with Gasteiger partial charge in [0.1, 0.15) is 5.01 Å². The van der Waals surface area contributed by atoms with Crippen LogP contribution >= 0.6 is 22.7 Å². The molecule has 0 aliphatic heterocycles. The highest BCUT2D eigenvalue weighted by molar-refractivity contribution is 7.94. The molecule has 1 aromatic carbocycles. The Hall–Kier alpha value is -2.44. The van der Waals surface area contributed by atoms with E-state index in [0.717, 1.165) is 33.8 Å². The summed E-state index contributed by atoms with van der Waals surface area (Å²) in [4.78, 5) is 11.7. The van der Waals surface area contributed by atoms with Crippen LogP contribution in [-0.4, -0.2) is 34.7 Å². The van der Waals surface area contributed by atoms with Gasteiger partial charge in [0.2, 0.25) is 16.2 Å². The maximum absolute atomic E-state index is 12.4. The molecule has 27 heavy (non-hydrogen) atoms. The average Bonchev–Trinajstić information content (AvgIpc) is 3.25. The predicted molar refractivity (Wildman–Crippen MR) is 104 cm³/mol. The van der Waals surface area contributed by atoms with E-state index in [1.807, 2.05) is 31.2 Å². The van der Waals surface area contributed by atoms with Crippen LogP contribution in [0.5, 0.6) is 0 Å². The minimum atomic E-state index is -3.97. The van der Waals surface area contributed by atoms with Gasteiger partial charge >= 0.3 is 0 Å². The molecular weight excluding hydrogens is 408 g/mol. The van der Waals surface area contributed by atoms with Crippen molar-refractivity contribution in [3.05, 3.63) is 29.8 Å². The number of nitrogens with zero attached hydrogens (tertiary/aromatic N) is 4. The Kier molecular flexibility index (Phi) is 5.48. The Labute approximate surface area is 163 Å². The molecule has 2 heterocycles. The number of carbonyl (C=O) groups excluding carboxylic acids is 1. The second kappa shape index (κ2) is 7.66. The first-order chi connectivity index (χ1) is 12.7. The molecule has 0 bridgehead atoms. The molecule has 0 spiro atoms. The van der Waals surface area contributed by atoms with E-state index in [1.54, 1.807) is 13.8 Å². The molecule has 3 aromatic rings. The quantitative estimate of drug-likeness (QED) is 0.582. The lowest BCUT2D eigenvalue weighted by Gasteiger charge is -2.02. The second-order valence-electron chi connectivity index (χ2n) is 5.90. The zero-order valence-corrected chi connectivity index (χ0v) is 17.1. The second-order valence-corrected chi connectivity index (χ2v) is 9.71. The molecular formula is C15H16N6O3S3. The predicted octanol–water partition coefficient (Wildman–Crippen LogP) is 2.76. The Morgan fingerprint density at radius 3 is 2.33 bits per heavy atom. The Morgan fingerprint density at radius 1 is 1.00 bits per heavy atom. The molecule has 142 valence electrons. The lowest BCUT2D eigenvalue weighted by atomic mass is 10.2. The van der Waals surface area contributed by atoms with Crippen LogP contribution in [0.4, 0.5) is 10.3 Å². The number of nitrogens with one attached hydrogen (secondary N) is 2. The van der Waals surface area contributed by atoms with Gasteiger partial charge in [0.25, 0.3) is 14.4 Å². The summed E-state index contributed by atoms with van der Waals surface area (Å²) in [6.45, 7) is 5.41. The smallest absolute Gasteiger partial charge is 0.293 e. The van der Waals surface area contributed by atoms with Crippen molar-refractivity contribution in [2.45, 2.75) is 25.1 Å². The van der Waals surface area contributed by atoms with Gasteiger partial charge in [-0.2, -0.15) is 8.42 Å². The van der Waals surface area contributed by atoms with Crippen LogP contribution in [0, 0.1) is 12.8 Å². The molecule has 0 saturated heterocycles. The number of sulfonamides is 1. The van der Waals surface area contributed by atoms with Crippen LogP contribution in [0.15, 0.2) is 28.6 Å². The van der Waals surface area contributed by atoms with Gasteiger partial charge in [-0.1, -0.05) is 66.3 Å².